The van der Waals surface area contributed by atoms with Crippen molar-refractivity contribution in [2.45, 2.75) is 6.18 Å². The number of hydrogen-bond acceptors (Lipinski definition) is 5. The topological polar surface area (TPSA) is 38.2 Å². The molecule has 84 valence electrons. The summed E-state index contributed by atoms with van der Waals surface area (Å²) in [4.78, 5) is 0.819. The van der Waals surface area contributed by atoms with Crippen LogP contribution in [0, 0.1) is 0 Å². The van der Waals surface area contributed by atoms with Gasteiger partial charge in [-0.15, -0.1) is 5.10 Å². The highest BCUT2D eigenvalue weighted by Gasteiger charge is 2.39. The molecule has 1 aromatic heterocycles. The summed E-state index contributed by atoms with van der Waals surface area (Å²) < 4.78 is 45.9. The van der Waals surface area contributed by atoms with Crippen molar-refractivity contribution in [3.63, 3.8) is 0 Å². The van der Waals surface area contributed by atoms with Gasteiger partial charge in [0.1, 0.15) is 0 Å². The third kappa shape index (κ3) is 2.20. The lowest BCUT2D eigenvalue weighted by Gasteiger charge is -2.27. The highest BCUT2D eigenvalue weighted by atomic mass is 32.1. The van der Waals surface area contributed by atoms with Gasteiger partial charge < -0.3 is 9.64 Å². The molecule has 0 N–H and O–H groups in total. The van der Waals surface area contributed by atoms with E-state index in [0.717, 1.165) is 0 Å². The number of halogens is 3. The molecular formula is C7H8F3N3OS. The van der Waals surface area contributed by atoms with Crippen molar-refractivity contribution in [3.05, 3.63) is 4.88 Å². The van der Waals surface area contributed by atoms with Gasteiger partial charge in [0.2, 0.25) is 0 Å². The molecule has 0 unspecified atom stereocenters. The summed E-state index contributed by atoms with van der Waals surface area (Å²) in [7, 11) is 0. The zero-order valence-corrected chi connectivity index (χ0v) is 8.44. The van der Waals surface area contributed by atoms with Crippen LogP contribution in [0.4, 0.5) is 19.0 Å². The molecule has 0 radical (unpaired) electrons. The average Bonchev–Trinajstić information content (AvgIpc) is 2.67. The Morgan fingerprint density at radius 3 is 2.53 bits per heavy atom. The Morgan fingerprint density at radius 2 is 1.93 bits per heavy atom. The van der Waals surface area contributed by atoms with Gasteiger partial charge in [-0.05, 0) is 11.5 Å². The molecule has 8 heteroatoms. The third-order valence-corrected chi connectivity index (χ3v) is 2.80. The van der Waals surface area contributed by atoms with Crippen LogP contribution in [0.5, 0.6) is 0 Å². The third-order valence-electron chi connectivity index (χ3n) is 2.04. The highest BCUT2D eigenvalue weighted by molar-refractivity contribution is 7.06. The van der Waals surface area contributed by atoms with Gasteiger partial charge in [-0.1, -0.05) is 4.49 Å². The van der Waals surface area contributed by atoms with E-state index in [0.29, 0.717) is 37.8 Å². The van der Waals surface area contributed by atoms with Gasteiger partial charge in [0, 0.05) is 13.1 Å². The molecule has 2 rings (SSSR count). The maximum Gasteiger partial charge on any atom is 0.430 e. The Bertz CT molecular complexity index is 334. The molecule has 0 aliphatic carbocycles. The number of ether oxygens (including phenoxy) is 1. The summed E-state index contributed by atoms with van der Waals surface area (Å²) in [5.74, 6) is -0.0733. The highest BCUT2D eigenvalue weighted by Crippen LogP contribution is 2.37. The first-order chi connectivity index (χ1) is 7.09. The summed E-state index contributed by atoms with van der Waals surface area (Å²) in [5, 5.41) is 3.53. The monoisotopic (exact) mass is 239 g/mol. The van der Waals surface area contributed by atoms with Crippen LogP contribution in [0.1, 0.15) is 4.88 Å². The van der Waals surface area contributed by atoms with Crippen molar-refractivity contribution < 1.29 is 17.9 Å². The second-order valence-electron chi connectivity index (χ2n) is 3.02. The summed E-state index contributed by atoms with van der Waals surface area (Å²) in [6.45, 7) is 1.70. The Morgan fingerprint density at radius 1 is 1.27 bits per heavy atom. The van der Waals surface area contributed by atoms with Crippen LogP contribution in [-0.2, 0) is 10.9 Å². The summed E-state index contributed by atoms with van der Waals surface area (Å²) in [5.41, 5.74) is 0. The molecule has 0 aromatic carbocycles. The first-order valence-electron chi connectivity index (χ1n) is 4.31. The molecular weight excluding hydrogens is 231 g/mol. The second kappa shape index (κ2) is 3.93. The van der Waals surface area contributed by atoms with Crippen LogP contribution >= 0.6 is 11.5 Å². The lowest BCUT2D eigenvalue weighted by Crippen LogP contribution is -2.37. The van der Waals surface area contributed by atoms with Crippen molar-refractivity contribution >= 4 is 17.4 Å². The molecule has 2 heterocycles. The Labute approximate surface area is 87.8 Å². The van der Waals surface area contributed by atoms with Crippen LogP contribution in [-0.4, -0.2) is 35.9 Å². The molecule has 0 atom stereocenters. The van der Waals surface area contributed by atoms with Crippen LogP contribution in [0.3, 0.4) is 0 Å². The molecule has 4 nitrogen and oxygen atoms in total. The maximum absolute atomic E-state index is 12.5. The zero-order chi connectivity index (χ0) is 10.9. The SMILES string of the molecule is FC(F)(F)c1snnc1N1CCOCC1. The number of aromatic nitrogens is 2. The van der Waals surface area contributed by atoms with E-state index >= 15 is 0 Å². The average molecular weight is 239 g/mol. The van der Waals surface area contributed by atoms with Crippen LogP contribution in [0.25, 0.3) is 0 Å². The van der Waals surface area contributed by atoms with Gasteiger partial charge in [-0.25, -0.2) is 0 Å². The molecule has 1 fully saturated rings. The fourth-order valence-electron chi connectivity index (χ4n) is 1.35. The fraction of sp³-hybridized carbons (Fsp3) is 0.714. The van der Waals surface area contributed by atoms with Crippen molar-refractivity contribution in [2.75, 3.05) is 31.2 Å². The smallest absolute Gasteiger partial charge is 0.378 e. The van der Waals surface area contributed by atoms with E-state index in [4.69, 9.17) is 4.74 Å². The molecule has 1 saturated heterocycles. The summed E-state index contributed by atoms with van der Waals surface area (Å²) >= 11 is 0.382. The minimum Gasteiger partial charge on any atom is -0.378 e. The Kier molecular flexibility index (Phi) is 2.79. The predicted molar refractivity (Wildman–Crippen MR) is 47.9 cm³/mol. The molecule has 1 aromatic rings. The maximum atomic E-state index is 12.5. The minimum atomic E-state index is -4.37. The Hall–Kier alpha value is -0.890. The molecule has 15 heavy (non-hydrogen) atoms. The van der Waals surface area contributed by atoms with Crippen LogP contribution < -0.4 is 4.90 Å². The number of nitrogens with zero attached hydrogens (tertiary/aromatic N) is 3. The van der Waals surface area contributed by atoms with E-state index in [2.05, 4.69) is 9.59 Å². The van der Waals surface area contributed by atoms with Gasteiger partial charge in [-0.2, -0.15) is 13.2 Å². The van der Waals surface area contributed by atoms with E-state index < -0.39 is 11.1 Å². The zero-order valence-electron chi connectivity index (χ0n) is 7.62. The molecule has 0 amide bonds. The van der Waals surface area contributed by atoms with Crippen molar-refractivity contribution in [3.8, 4) is 0 Å². The van der Waals surface area contributed by atoms with E-state index in [1.54, 1.807) is 4.90 Å². The molecule has 1 aliphatic rings. The van der Waals surface area contributed by atoms with Gasteiger partial charge >= 0.3 is 6.18 Å². The number of rotatable bonds is 1. The minimum absolute atomic E-state index is 0.0733. The van der Waals surface area contributed by atoms with E-state index in [9.17, 15) is 13.2 Å². The number of anilines is 1. The van der Waals surface area contributed by atoms with Gasteiger partial charge in [0.25, 0.3) is 0 Å². The molecule has 1 aliphatic heterocycles. The van der Waals surface area contributed by atoms with Crippen molar-refractivity contribution in [1.82, 2.24) is 9.59 Å². The van der Waals surface area contributed by atoms with E-state index in [1.165, 1.54) is 0 Å². The first kappa shape index (κ1) is 10.6. The standard InChI is InChI=1S/C7H8F3N3OS/c8-7(9,10)5-6(11-12-15-5)13-1-3-14-4-2-13/h1-4H2. The lowest BCUT2D eigenvalue weighted by atomic mass is 10.4. The quantitative estimate of drug-likeness (QED) is 0.742. The second-order valence-corrected chi connectivity index (χ2v) is 3.78. The fourth-order valence-corrected chi connectivity index (χ4v) is 1.90. The number of hydrogen-bond donors (Lipinski definition) is 0. The van der Waals surface area contributed by atoms with E-state index in [1.807, 2.05) is 0 Å². The normalized spacial score (nSPS) is 18.2. The van der Waals surface area contributed by atoms with Gasteiger partial charge in [-0.3, -0.25) is 0 Å². The van der Waals surface area contributed by atoms with Crippen LogP contribution in [0.2, 0.25) is 0 Å². The lowest BCUT2D eigenvalue weighted by molar-refractivity contribution is -0.134. The van der Waals surface area contributed by atoms with E-state index in [-0.39, 0.29) is 5.82 Å². The van der Waals surface area contributed by atoms with Crippen LogP contribution in [0.15, 0.2) is 0 Å². The predicted octanol–water partition coefficient (Wildman–Crippen LogP) is 1.39. The van der Waals surface area contributed by atoms with Crippen molar-refractivity contribution in [2.24, 2.45) is 0 Å². The summed E-state index contributed by atoms with van der Waals surface area (Å²) in [6.07, 6.45) is -4.37. The van der Waals surface area contributed by atoms with Gasteiger partial charge in [0.05, 0.1) is 13.2 Å². The molecule has 0 spiro atoms. The first-order valence-corrected chi connectivity index (χ1v) is 5.08. The molecule has 0 bridgehead atoms. The number of morpholine rings is 1. The number of alkyl halides is 3. The van der Waals surface area contributed by atoms with Gasteiger partial charge in [0.15, 0.2) is 10.7 Å². The molecule has 0 saturated carbocycles. The van der Waals surface area contributed by atoms with Crippen molar-refractivity contribution in [1.29, 1.82) is 0 Å². The summed E-state index contributed by atoms with van der Waals surface area (Å²) in [6, 6.07) is 0. The largest absolute Gasteiger partial charge is 0.430 e. The Balaban J connectivity index is 2.24.